The van der Waals surface area contributed by atoms with Crippen LogP contribution < -0.4 is 10.1 Å². The molecule has 3 aromatic rings. The van der Waals surface area contributed by atoms with Gasteiger partial charge in [0.25, 0.3) is 5.69 Å². The summed E-state index contributed by atoms with van der Waals surface area (Å²) < 4.78 is 5.18. The third kappa shape index (κ3) is 4.30. The fourth-order valence-electron chi connectivity index (χ4n) is 2.71. The van der Waals surface area contributed by atoms with E-state index in [0.29, 0.717) is 23.5 Å². The summed E-state index contributed by atoms with van der Waals surface area (Å²) in [6.45, 7) is 0.393. The van der Waals surface area contributed by atoms with E-state index in [2.05, 4.69) is 5.32 Å². The smallest absolute Gasteiger partial charge is 0.293 e. The minimum Gasteiger partial charge on any atom is -0.497 e. The number of ketones is 1. The molecule has 3 aromatic carbocycles. The predicted octanol–water partition coefficient (Wildman–Crippen LogP) is 4.45. The first-order chi connectivity index (χ1) is 13.1. The van der Waals surface area contributed by atoms with Crippen molar-refractivity contribution in [2.45, 2.75) is 6.54 Å². The van der Waals surface area contributed by atoms with Gasteiger partial charge in [-0.3, -0.25) is 14.9 Å². The molecule has 0 spiro atoms. The van der Waals surface area contributed by atoms with Gasteiger partial charge in [0.05, 0.1) is 12.0 Å². The second kappa shape index (κ2) is 8.14. The van der Waals surface area contributed by atoms with E-state index in [4.69, 9.17) is 4.74 Å². The van der Waals surface area contributed by atoms with E-state index >= 15 is 0 Å². The van der Waals surface area contributed by atoms with Crippen LogP contribution in [0.4, 0.5) is 11.4 Å². The molecular weight excluding hydrogens is 344 g/mol. The van der Waals surface area contributed by atoms with Crippen LogP contribution in [0.25, 0.3) is 0 Å². The van der Waals surface area contributed by atoms with Gasteiger partial charge in [-0.2, -0.15) is 0 Å². The van der Waals surface area contributed by atoms with E-state index in [9.17, 15) is 14.9 Å². The largest absolute Gasteiger partial charge is 0.497 e. The number of methoxy groups -OCH3 is 1. The first kappa shape index (κ1) is 18.1. The fraction of sp³-hybridized carbons (Fsp3) is 0.0952. The van der Waals surface area contributed by atoms with E-state index in [0.717, 1.165) is 5.56 Å². The van der Waals surface area contributed by atoms with Crippen molar-refractivity contribution in [3.8, 4) is 5.75 Å². The number of nitrogens with zero attached hydrogens (tertiary/aromatic N) is 1. The molecule has 0 bridgehead atoms. The first-order valence-electron chi connectivity index (χ1n) is 8.33. The molecule has 0 aliphatic carbocycles. The topological polar surface area (TPSA) is 81.5 Å². The van der Waals surface area contributed by atoms with Gasteiger partial charge in [-0.1, -0.05) is 42.5 Å². The number of hydrogen-bond acceptors (Lipinski definition) is 5. The van der Waals surface area contributed by atoms with Crippen LogP contribution in [-0.4, -0.2) is 17.8 Å². The Bertz CT molecular complexity index is 971. The summed E-state index contributed by atoms with van der Waals surface area (Å²) in [5.74, 6) is 0.464. The van der Waals surface area contributed by atoms with Crippen LogP contribution in [0, 0.1) is 10.1 Å². The Morgan fingerprint density at radius 1 is 1.00 bits per heavy atom. The molecular formula is C21H18N2O4. The van der Waals surface area contributed by atoms with Crippen molar-refractivity contribution in [1.29, 1.82) is 0 Å². The van der Waals surface area contributed by atoms with Crippen molar-refractivity contribution in [2.75, 3.05) is 12.4 Å². The van der Waals surface area contributed by atoms with Crippen LogP contribution >= 0.6 is 0 Å². The highest BCUT2D eigenvalue weighted by Crippen LogP contribution is 2.27. The summed E-state index contributed by atoms with van der Waals surface area (Å²) >= 11 is 0. The minimum atomic E-state index is -0.490. The quantitative estimate of drug-likeness (QED) is 0.382. The van der Waals surface area contributed by atoms with Crippen molar-refractivity contribution in [3.63, 3.8) is 0 Å². The lowest BCUT2D eigenvalue weighted by atomic mass is 10.0. The first-order valence-corrected chi connectivity index (χ1v) is 8.33. The van der Waals surface area contributed by atoms with Crippen molar-refractivity contribution in [2.24, 2.45) is 0 Å². The van der Waals surface area contributed by atoms with Gasteiger partial charge in [-0.25, -0.2) is 0 Å². The summed E-state index contributed by atoms with van der Waals surface area (Å²) in [4.78, 5) is 23.5. The number of carbonyl (C=O) groups is 1. The molecule has 0 aromatic heterocycles. The van der Waals surface area contributed by atoms with E-state index < -0.39 is 4.92 Å². The van der Waals surface area contributed by atoms with Gasteiger partial charge in [0.2, 0.25) is 0 Å². The van der Waals surface area contributed by atoms with Gasteiger partial charge < -0.3 is 10.1 Å². The Labute approximate surface area is 156 Å². The summed E-state index contributed by atoms with van der Waals surface area (Å²) in [6.07, 6.45) is 0. The zero-order valence-corrected chi connectivity index (χ0v) is 14.7. The highest BCUT2D eigenvalue weighted by Gasteiger charge is 2.18. The Balaban J connectivity index is 1.83. The molecule has 0 heterocycles. The molecule has 1 N–H and O–H groups in total. The highest BCUT2D eigenvalue weighted by atomic mass is 16.6. The molecule has 6 nitrogen and oxygen atoms in total. The number of anilines is 1. The molecule has 0 aliphatic rings. The highest BCUT2D eigenvalue weighted by molar-refractivity contribution is 6.09. The molecule has 0 saturated heterocycles. The number of rotatable bonds is 7. The lowest BCUT2D eigenvalue weighted by Gasteiger charge is -2.10. The van der Waals surface area contributed by atoms with Gasteiger partial charge in [0.15, 0.2) is 5.78 Å². The third-order valence-corrected chi connectivity index (χ3v) is 4.11. The molecule has 136 valence electrons. The number of hydrogen-bond donors (Lipinski definition) is 1. The lowest BCUT2D eigenvalue weighted by Crippen LogP contribution is -2.06. The molecule has 0 radical (unpaired) electrons. The second-order valence-corrected chi connectivity index (χ2v) is 5.89. The summed E-state index contributed by atoms with van der Waals surface area (Å²) in [5, 5.41) is 14.5. The fourth-order valence-corrected chi connectivity index (χ4v) is 2.71. The number of nitro benzene ring substituents is 1. The molecule has 27 heavy (non-hydrogen) atoms. The molecule has 0 atom stereocenters. The van der Waals surface area contributed by atoms with Crippen LogP contribution in [0.5, 0.6) is 5.75 Å². The number of carbonyl (C=O) groups excluding carboxylic acids is 1. The Hall–Kier alpha value is -3.67. The van der Waals surface area contributed by atoms with Gasteiger partial charge >= 0.3 is 0 Å². The molecule has 0 unspecified atom stereocenters. The van der Waals surface area contributed by atoms with Crippen LogP contribution in [0.15, 0.2) is 72.8 Å². The average Bonchev–Trinajstić information content (AvgIpc) is 2.72. The van der Waals surface area contributed by atoms with E-state index in [-0.39, 0.29) is 17.0 Å². The van der Waals surface area contributed by atoms with Crippen molar-refractivity contribution >= 4 is 17.2 Å². The molecule has 0 aliphatic heterocycles. The number of ether oxygens (including phenoxy) is 1. The van der Waals surface area contributed by atoms with Crippen molar-refractivity contribution < 1.29 is 14.5 Å². The van der Waals surface area contributed by atoms with E-state index in [1.807, 2.05) is 30.3 Å². The maximum Gasteiger partial charge on any atom is 0.293 e. The zero-order chi connectivity index (χ0) is 19.2. The predicted molar refractivity (Wildman–Crippen MR) is 103 cm³/mol. The van der Waals surface area contributed by atoms with Gasteiger partial charge in [0.1, 0.15) is 11.4 Å². The normalized spacial score (nSPS) is 10.3. The van der Waals surface area contributed by atoms with E-state index in [1.54, 1.807) is 43.5 Å². The Morgan fingerprint density at radius 3 is 2.48 bits per heavy atom. The number of nitro groups is 1. The number of nitrogens with one attached hydrogen (secondary N) is 1. The van der Waals surface area contributed by atoms with Gasteiger partial charge in [-0.15, -0.1) is 0 Å². The summed E-state index contributed by atoms with van der Waals surface area (Å²) in [7, 11) is 1.58. The van der Waals surface area contributed by atoms with Crippen molar-refractivity contribution in [3.05, 3.63) is 99.6 Å². The molecule has 3 rings (SSSR count). The molecule has 0 saturated carbocycles. The summed E-state index contributed by atoms with van der Waals surface area (Å²) in [5.41, 5.74) is 1.91. The Morgan fingerprint density at radius 2 is 1.78 bits per heavy atom. The van der Waals surface area contributed by atoms with Crippen LogP contribution in [0.1, 0.15) is 21.5 Å². The van der Waals surface area contributed by atoms with E-state index in [1.165, 1.54) is 6.07 Å². The third-order valence-electron chi connectivity index (χ3n) is 4.11. The monoisotopic (exact) mass is 362 g/mol. The second-order valence-electron chi connectivity index (χ2n) is 5.89. The van der Waals surface area contributed by atoms with Crippen LogP contribution in [0.2, 0.25) is 0 Å². The van der Waals surface area contributed by atoms with Crippen molar-refractivity contribution in [1.82, 2.24) is 0 Å². The minimum absolute atomic E-state index is 0.139. The zero-order valence-electron chi connectivity index (χ0n) is 14.7. The standard InChI is InChI=1S/C21H18N2O4/c1-27-18-9-5-6-15(12-18)14-22-19-11-10-17(13-20(19)23(25)26)21(24)16-7-3-2-4-8-16/h2-13,22H,14H2,1H3. The SMILES string of the molecule is COc1cccc(CNc2ccc(C(=O)c3ccccc3)cc2[N+](=O)[O-])c1. The Kier molecular flexibility index (Phi) is 5.47. The maximum absolute atomic E-state index is 12.5. The molecule has 0 amide bonds. The number of benzene rings is 3. The molecule has 0 fully saturated rings. The summed E-state index contributed by atoms with van der Waals surface area (Å²) in [6, 6.07) is 20.6. The van der Waals surface area contributed by atoms with Gasteiger partial charge in [-0.05, 0) is 29.8 Å². The maximum atomic E-state index is 12.5. The van der Waals surface area contributed by atoms with Crippen LogP contribution in [-0.2, 0) is 6.54 Å². The average molecular weight is 362 g/mol. The molecule has 6 heteroatoms. The lowest BCUT2D eigenvalue weighted by molar-refractivity contribution is -0.384. The van der Waals surface area contributed by atoms with Gasteiger partial charge in [0, 0.05) is 23.7 Å². The van der Waals surface area contributed by atoms with Crippen LogP contribution in [0.3, 0.4) is 0 Å².